The van der Waals surface area contributed by atoms with Crippen LogP contribution in [-0.4, -0.2) is 62.8 Å². The Balaban J connectivity index is 0.000000481. The summed E-state index contributed by atoms with van der Waals surface area (Å²) in [6, 6.07) is 6.99. The number of carboxylic acids is 4. The molecule has 1 atom stereocenters. The standard InChI is InChI=1S/C9H9NO3.C6H9NO6/c11-8(12)6-10-9(13)7-4-2-1-3-5-7;7-3(6(12)13)1-2(4(8)9)5(10)11/h1-5H,6H2,(H,10,13)(H,11,12);2-3H,1,7H2,(H,8,9)(H,10,11)(H,12,13)/t;3-/m.0/s1. The van der Waals surface area contributed by atoms with Crippen LogP contribution >= 0.6 is 0 Å². The minimum absolute atomic E-state index is 0.353. The van der Waals surface area contributed by atoms with Crippen molar-refractivity contribution in [2.75, 3.05) is 6.54 Å². The first kappa shape index (κ1) is 22.5. The summed E-state index contributed by atoms with van der Waals surface area (Å²) in [6.07, 6.45) is -0.625. The fraction of sp³-hybridized carbons (Fsp3) is 0.267. The molecule has 0 radical (unpaired) electrons. The zero-order valence-corrected chi connectivity index (χ0v) is 13.4. The lowest BCUT2D eigenvalue weighted by Gasteiger charge is -2.09. The first-order chi connectivity index (χ1) is 12.1. The van der Waals surface area contributed by atoms with Gasteiger partial charge in [0.2, 0.25) is 0 Å². The van der Waals surface area contributed by atoms with E-state index >= 15 is 0 Å². The van der Waals surface area contributed by atoms with E-state index in [4.69, 9.17) is 26.2 Å². The molecule has 7 N–H and O–H groups in total. The number of carboxylic acid groups (broad SMARTS) is 4. The van der Waals surface area contributed by atoms with Gasteiger partial charge in [0.25, 0.3) is 5.91 Å². The lowest BCUT2D eigenvalue weighted by molar-refractivity contribution is -0.155. The summed E-state index contributed by atoms with van der Waals surface area (Å²) in [5.41, 5.74) is 5.43. The second-order valence-electron chi connectivity index (χ2n) is 4.85. The minimum atomic E-state index is -1.77. The SMILES string of the molecule is N[C@@H](CC(C(=O)O)C(=O)O)C(=O)O.O=C(O)CNC(=O)c1ccccc1. The molecular weight excluding hydrogens is 352 g/mol. The Labute approximate surface area is 147 Å². The quantitative estimate of drug-likeness (QED) is 0.310. The second-order valence-corrected chi connectivity index (χ2v) is 4.85. The van der Waals surface area contributed by atoms with Gasteiger partial charge in [-0.1, -0.05) is 18.2 Å². The largest absolute Gasteiger partial charge is 0.481 e. The zero-order valence-electron chi connectivity index (χ0n) is 13.4. The number of hydrogen-bond acceptors (Lipinski definition) is 6. The molecule has 0 aliphatic carbocycles. The number of nitrogens with one attached hydrogen (secondary N) is 1. The summed E-state index contributed by atoms with van der Waals surface area (Å²) in [5.74, 6) is -7.81. The van der Waals surface area contributed by atoms with Gasteiger partial charge in [0.05, 0.1) is 0 Å². The van der Waals surface area contributed by atoms with Crippen LogP contribution in [0.2, 0.25) is 0 Å². The van der Waals surface area contributed by atoms with E-state index in [-0.39, 0.29) is 12.5 Å². The molecule has 0 spiro atoms. The van der Waals surface area contributed by atoms with Gasteiger partial charge in [0, 0.05) is 5.56 Å². The van der Waals surface area contributed by atoms with E-state index in [1.807, 2.05) is 0 Å². The van der Waals surface area contributed by atoms with Crippen molar-refractivity contribution in [3.63, 3.8) is 0 Å². The molecular formula is C15H18N2O9. The van der Waals surface area contributed by atoms with E-state index in [0.29, 0.717) is 5.56 Å². The van der Waals surface area contributed by atoms with Crippen LogP contribution in [0.15, 0.2) is 30.3 Å². The third kappa shape index (κ3) is 8.98. The van der Waals surface area contributed by atoms with Crippen molar-refractivity contribution in [3.8, 4) is 0 Å². The maximum Gasteiger partial charge on any atom is 0.322 e. The summed E-state index contributed by atoms with van der Waals surface area (Å²) in [5, 5.41) is 35.5. The molecule has 11 nitrogen and oxygen atoms in total. The van der Waals surface area contributed by atoms with E-state index in [0.717, 1.165) is 0 Å². The molecule has 0 aromatic heterocycles. The minimum Gasteiger partial charge on any atom is -0.481 e. The first-order valence-corrected chi connectivity index (χ1v) is 7.05. The number of nitrogens with two attached hydrogens (primary N) is 1. The van der Waals surface area contributed by atoms with Crippen molar-refractivity contribution in [1.82, 2.24) is 5.32 Å². The Morgan fingerprint density at radius 2 is 1.38 bits per heavy atom. The van der Waals surface area contributed by atoms with Gasteiger partial charge in [-0.25, -0.2) is 0 Å². The summed E-state index contributed by atoms with van der Waals surface area (Å²) in [4.78, 5) is 52.0. The van der Waals surface area contributed by atoms with Crippen molar-refractivity contribution in [1.29, 1.82) is 0 Å². The number of carbonyl (C=O) groups excluding carboxylic acids is 1. The first-order valence-electron chi connectivity index (χ1n) is 7.05. The normalized spacial score (nSPS) is 10.8. The molecule has 0 heterocycles. The fourth-order valence-electron chi connectivity index (χ4n) is 1.51. The van der Waals surface area contributed by atoms with Crippen LogP contribution in [-0.2, 0) is 19.2 Å². The topological polar surface area (TPSA) is 204 Å². The maximum atomic E-state index is 11.2. The number of amides is 1. The molecule has 0 bridgehead atoms. The highest BCUT2D eigenvalue weighted by atomic mass is 16.4. The molecule has 0 fully saturated rings. The Morgan fingerprint density at radius 1 is 0.885 bits per heavy atom. The monoisotopic (exact) mass is 370 g/mol. The fourth-order valence-corrected chi connectivity index (χ4v) is 1.51. The van der Waals surface area contributed by atoms with Gasteiger partial charge in [-0.2, -0.15) is 0 Å². The van der Waals surface area contributed by atoms with Crippen molar-refractivity contribution < 1.29 is 44.4 Å². The molecule has 26 heavy (non-hydrogen) atoms. The Morgan fingerprint density at radius 3 is 1.77 bits per heavy atom. The second kappa shape index (κ2) is 11.1. The van der Waals surface area contributed by atoms with Gasteiger partial charge in [0.15, 0.2) is 5.92 Å². The third-order valence-corrected chi connectivity index (χ3v) is 2.84. The van der Waals surface area contributed by atoms with Crippen LogP contribution in [0.5, 0.6) is 0 Å². The predicted molar refractivity (Wildman–Crippen MR) is 85.4 cm³/mol. The molecule has 0 saturated carbocycles. The molecule has 1 aromatic carbocycles. The summed E-state index contributed by atoms with van der Waals surface area (Å²) < 4.78 is 0. The van der Waals surface area contributed by atoms with Crippen molar-refractivity contribution >= 4 is 29.8 Å². The number of carbonyl (C=O) groups is 5. The van der Waals surface area contributed by atoms with Crippen molar-refractivity contribution in [3.05, 3.63) is 35.9 Å². The van der Waals surface area contributed by atoms with E-state index in [1.54, 1.807) is 30.3 Å². The summed E-state index contributed by atoms with van der Waals surface area (Å²) in [7, 11) is 0. The maximum absolute atomic E-state index is 11.2. The van der Waals surface area contributed by atoms with Crippen LogP contribution in [0.3, 0.4) is 0 Å². The number of rotatable bonds is 8. The number of aliphatic carboxylic acids is 4. The van der Waals surface area contributed by atoms with E-state index in [1.165, 1.54) is 0 Å². The van der Waals surface area contributed by atoms with Gasteiger partial charge in [-0.3, -0.25) is 24.0 Å². The van der Waals surface area contributed by atoms with Crippen molar-refractivity contribution in [2.45, 2.75) is 12.5 Å². The van der Waals surface area contributed by atoms with Crippen molar-refractivity contribution in [2.24, 2.45) is 11.7 Å². The zero-order chi connectivity index (χ0) is 20.3. The van der Waals surface area contributed by atoms with Crippen LogP contribution < -0.4 is 11.1 Å². The van der Waals surface area contributed by atoms with Gasteiger partial charge < -0.3 is 31.5 Å². The lowest BCUT2D eigenvalue weighted by Crippen LogP contribution is -2.37. The molecule has 0 aliphatic rings. The highest BCUT2D eigenvalue weighted by Crippen LogP contribution is 2.06. The highest BCUT2D eigenvalue weighted by molar-refractivity contribution is 5.95. The van der Waals surface area contributed by atoms with Gasteiger partial charge in [-0.05, 0) is 18.6 Å². The Bertz CT molecular complexity index is 646. The van der Waals surface area contributed by atoms with Crippen LogP contribution in [0, 0.1) is 5.92 Å². The summed E-state index contributed by atoms with van der Waals surface area (Å²) in [6.45, 7) is -0.353. The highest BCUT2D eigenvalue weighted by Gasteiger charge is 2.30. The van der Waals surface area contributed by atoms with E-state index < -0.39 is 42.3 Å². The average Bonchev–Trinajstić information content (AvgIpc) is 2.57. The van der Waals surface area contributed by atoms with Crippen LogP contribution in [0.4, 0.5) is 0 Å². The molecule has 1 rings (SSSR count). The molecule has 0 unspecified atom stereocenters. The van der Waals surface area contributed by atoms with E-state index in [2.05, 4.69) is 5.32 Å². The number of benzene rings is 1. The average molecular weight is 370 g/mol. The van der Waals surface area contributed by atoms with Gasteiger partial charge >= 0.3 is 23.9 Å². The molecule has 0 saturated heterocycles. The Hall–Kier alpha value is -3.47. The molecule has 1 amide bonds. The predicted octanol–water partition coefficient (Wildman–Crippen LogP) is -0.925. The van der Waals surface area contributed by atoms with Gasteiger partial charge in [-0.15, -0.1) is 0 Å². The third-order valence-electron chi connectivity index (χ3n) is 2.84. The summed E-state index contributed by atoms with van der Waals surface area (Å²) >= 11 is 0. The smallest absolute Gasteiger partial charge is 0.322 e. The van der Waals surface area contributed by atoms with Crippen LogP contribution in [0.1, 0.15) is 16.8 Å². The van der Waals surface area contributed by atoms with E-state index in [9.17, 15) is 24.0 Å². The Kier molecular flexibility index (Phi) is 9.66. The molecule has 142 valence electrons. The van der Waals surface area contributed by atoms with Crippen LogP contribution in [0.25, 0.3) is 0 Å². The van der Waals surface area contributed by atoms with Gasteiger partial charge in [0.1, 0.15) is 12.6 Å². The molecule has 11 heteroatoms. The lowest BCUT2D eigenvalue weighted by atomic mass is 10.0. The molecule has 0 aliphatic heterocycles. The molecule has 1 aromatic rings. The number of hydrogen-bond donors (Lipinski definition) is 6.